The lowest BCUT2D eigenvalue weighted by molar-refractivity contribution is 0.0805. The van der Waals surface area contributed by atoms with Gasteiger partial charge in [-0.2, -0.15) is 0 Å². The quantitative estimate of drug-likeness (QED) is 0.800. The van der Waals surface area contributed by atoms with Crippen molar-refractivity contribution in [1.29, 1.82) is 0 Å². The van der Waals surface area contributed by atoms with Crippen molar-refractivity contribution in [3.05, 3.63) is 29.4 Å². The molecule has 1 aromatic carbocycles. The van der Waals surface area contributed by atoms with Gasteiger partial charge in [0.25, 0.3) is 0 Å². The first-order chi connectivity index (χ1) is 10.7. The van der Waals surface area contributed by atoms with Gasteiger partial charge in [-0.25, -0.2) is 4.98 Å². The summed E-state index contributed by atoms with van der Waals surface area (Å²) in [6.07, 6.45) is 1.89. The number of halogens is 1. The average Bonchev–Trinajstić information content (AvgIpc) is 2.53. The van der Waals surface area contributed by atoms with Crippen molar-refractivity contribution in [3.63, 3.8) is 0 Å². The van der Waals surface area contributed by atoms with Crippen LogP contribution in [0.4, 0.5) is 5.82 Å². The molecule has 0 aliphatic carbocycles. The number of likely N-dealkylation sites (N-methyl/N-ethyl adjacent to an activating group) is 1. The van der Waals surface area contributed by atoms with Crippen LogP contribution in [0.2, 0.25) is 5.02 Å². The summed E-state index contributed by atoms with van der Waals surface area (Å²) in [6.45, 7) is 6.61. The molecule has 1 aromatic heterocycles. The molecule has 1 atom stereocenters. The van der Waals surface area contributed by atoms with E-state index in [1.165, 1.54) is 13.1 Å². The predicted molar refractivity (Wildman–Crippen MR) is 89.6 cm³/mol. The van der Waals surface area contributed by atoms with E-state index in [4.69, 9.17) is 16.6 Å². The van der Waals surface area contributed by atoms with Crippen molar-refractivity contribution in [3.8, 4) is 0 Å². The zero-order chi connectivity index (χ0) is 15.1. The lowest BCUT2D eigenvalue weighted by Crippen LogP contribution is -2.61. The number of piperazine rings is 2. The number of fused-ring (bicyclic) bond motifs is 2. The molecule has 6 heteroatoms. The molecule has 3 heterocycles. The Hall–Kier alpha value is -1.43. The van der Waals surface area contributed by atoms with Crippen molar-refractivity contribution < 1.29 is 0 Å². The van der Waals surface area contributed by atoms with Gasteiger partial charge in [-0.15, -0.1) is 0 Å². The molecule has 2 fully saturated rings. The van der Waals surface area contributed by atoms with Crippen molar-refractivity contribution in [2.24, 2.45) is 0 Å². The van der Waals surface area contributed by atoms with Gasteiger partial charge < -0.3 is 9.80 Å². The van der Waals surface area contributed by atoms with Gasteiger partial charge in [0.05, 0.1) is 17.2 Å². The molecule has 0 saturated carbocycles. The van der Waals surface area contributed by atoms with Crippen LogP contribution in [0.3, 0.4) is 0 Å². The van der Waals surface area contributed by atoms with Gasteiger partial charge in [0.1, 0.15) is 5.82 Å². The minimum atomic E-state index is 0.587. The van der Waals surface area contributed by atoms with Gasteiger partial charge in [0.2, 0.25) is 0 Å². The first kappa shape index (κ1) is 14.2. The summed E-state index contributed by atoms with van der Waals surface area (Å²) in [5.41, 5.74) is 1.76. The molecule has 2 saturated heterocycles. The second-order valence-corrected chi connectivity index (χ2v) is 6.70. The van der Waals surface area contributed by atoms with Crippen molar-refractivity contribution in [1.82, 2.24) is 19.8 Å². The maximum absolute atomic E-state index is 6.07. The number of benzene rings is 1. The molecule has 0 unspecified atom stereocenters. The Balaban J connectivity index is 1.59. The van der Waals surface area contributed by atoms with E-state index in [1.54, 1.807) is 0 Å². The van der Waals surface area contributed by atoms with E-state index in [0.29, 0.717) is 11.1 Å². The minimum absolute atomic E-state index is 0.587. The van der Waals surface area contributed by atoms with E-state index < -0.39 is 0 Å². The fourth-order valence-electron chi connectivity index (χ4n) is 3.45. The smallest absolute Gasteiger partial charge is 0.147 e. The molecule has 5 nitrogen and oxygen atoms in total. The maximum atomic E-state index is 6.07. The third kappa shape index (κ3) is 2.64. The topological polar surface area (TPSA) is 35.5 Å². The van der Waals surface area contributed by atoms with Crippen molar-refractivity contribution >= 4 is 28.5 Å². The van der Waals surface area contributed by atoms with Gasteiger partial charge in [-0.1, -0.05) is 11.6 Å². The fourth-order valence-corrected chi connectivity index (χ4v) is 3.61. The second-order valence-electron chi connectivity index (χ2n) is 6.26. The van der Waals surface area contributed by atoms with Crippen LogP contribution in [-0.2, 0) is 0 Å². The number of rotatable bonds is 1. The Kier molecular flexibility index (Phi) is 3.64. The van der Waals surface area contributed by atoms with E-state index in [9.17, 15) is 0 Å². The summed E-state index contributed by atoms with van der Waals surface area (Å²) < 4.78 is 0. The van der Waals surface area contributed by atoms with Crippen LogP contribution in [-0.4, -0.2) is 72.1 Å². The molecule has 0 radical (unpaired) electrons. The third-order valence-electron chi connectivity index (χ3n) is 4.71. The van der Waals surface area contributed by atoms with Gasteiger partial charge in [0, 0.05) is 50.3 Å². The Bertz CT molecular complexity index is 691. The lowest BCUT2D eigenvalue weighted by Gasteiger charge is -2.46. The Morgan fingerprint density at radius 1 is 1.09 bits per heavy atom. The summed E-state index contributed by atoms with van der Waals surface area (Å²) in [4.78, 5) is 16.7. The largest absolute Gasteiger partial charge is 0.352 e. The number of aromatic nitrogens is 2. The normalized spacial score (nSPS) is 23.7. The summed E-state index contributed by atoms with van der Waals surface area (Å²) in [6, 6.07) is 6.25. The summed E-state index contributed by atoms with van der Waals surface area (Å²) >= 11 is 6.07. The van der Waals surface area contributed by atoms with Gasteiger partial charge >= 0.3 is 0 Å². The standard InChI is InChI=1S/C16H20ClN5/c1-20-4-5-21-6-7-22(11-13(21)10-20)16-9-18-14-3-2-12(17)8-15(14)19-16/h2-3,8-9,13H,4-7,10-11H2,1H3/t13-/m1/s1. The minimum Gasteiger partial charge on any atom is -0.352 e. The van der Waals surface area contributed by atoms with Crippen LogP contribution in [0.15, 0.2) is 24.4 Å². The first-order valence-electron chi connectivity index (χ1n) is 7.79. The molecule has 0 bridgehead atoms. The maximum Gasteiger partial charge on any atom is 0.147 e. The Morgan fingerprint density at radius 3 is 2.86 bits per heavy atom. The van der Waals surface area contributed by atoms with E-state index in [2.05, 4.69) is 26.7 Å². The highest BCUT2D eigenvalue weighted by Crippen LogP contribution is 2.22. The number of nitrogens with zero attached hydrogens (tertiary/aromatic N) is 5. The van der Waals surface area contributed by atoms with Crippen LogP contribution in [0.1, 0.15) is 0 Å². The highest BCUT2D eigenvalue weighted by Gasteiger charge is 2.31. The highest BCUT2D eigenvalue weighted by atomic mass is 35.5. The molecule has 22 heavy (non-hydrogen) atoms. The Morgan fingerprint density at radius 2 is 1.95 bits per heavy atom. The van der Waals surface area contributed by atoms with Gasteiger partial charge in [0.15, 0.2) is 0 Å². The van der Waals surface area contributed by atoms with Gasteiger partial charge in [-0.3, -0.25) is 9.88 Å². The number of hydrogen-bond donors (Lipinski definition) is 0. The molecule has 2 aromatic rings. The zero-order valence-corrected chi connectivity index (χ0v) is 13.5. The number of hydrogen-bond acceptors (Lipinski definition) is 5. The molecule has 2 aliphatic rings. The summed E-state index contributed by atoms with van der Waals surface area (Å²) in [5.74, 6) is 0.961. The second kappa shape index (κ2) is 5.65. The predicted octanol–water partition coefficient (Wildman–Crippen LogP) is 1.72. The van der Waals surface area contributed by atoms with Gasteiger partial charge in [-0.05, 0) is 25.2 Å². The average molecular weight is 318 g/mol. The zero-order valence-electron chi connectivity index (χ0n) is 12.7. The van der Waals surface area contributed by atoms with E-state index in [1.807, 2.05) is 24.4 Å². The fraction of sp³-hybridized carbons (Fsp3) is 0.500. The summed E-state index contributed by atoms with van der Waals surface area (Å²) in [5, 5.41) is 0.706. The molecule has 2 aliphatic heterocycles. The SMILES string of the molecule is CN1CCN2CCN(c3cnc4ccc(Cl)cc4n3)C[C@H]2C1. The van der Waals surface area contributed by atoms with E-state index in [0.717, 1.165) is 43.0 Å². The molecule has 4 rings (SSSR count). The number of anilines is 1. The molecule has 0 spiro atoms. The third-order valence-corrected chi connectivity index (χ3v) is 4.95. The molecular weight excluding hydrogens is 298 g/mol. The van der Waals surface area contributed by atoms with E-state index in [-0.39, 0.29) is 0 Å². The first-order valence-corrected chi connectivity index (χ1v) is 8.17. The van der Waals surface area contributed by atoms with E-state index >= 15 is 0 Å². The van der Waals surface area contributed by atoms with Crippen LogP contribution in [0.5, 0.6) is 0 Å². The van der Waals surface area contributed by atoms with Crippen molar-refractivity contribution in [2.75, 3.05) is 51.2 Å². The monoisotopic (exact) mass is 317 g/mol. The highest BCUT2D eigenvalue weighted by molar-refractivity contribution is 6.31. The molecular formula is C16H20ClN5. The van der Waals surface area contributed by atoms with Crippen LogP contribution in [0.25, 0.3) is 11.0 Å². The molecule has 116 valence electrons. The van der Waals surface area contributed by atoms with Crippen LogP contribution >= 0.6 is 11.6 Å². The van der Waals surface area contributed by atoms with Crippen LogP contribution in [0, 0.1) is 0 Å². The Labute approximate surface area is 135 Å². The summed E-state index contributed by atoms with van der Waals surface area (Å²) in [7, 11) is 2.20. The molecule has 0 N–H and O–H groups in total. The van der Waals surface area contributed by atoms with Crippen molar-refractivity contribution in [2.45, 2.75) is 6.04 Å². The van der Waals surface area contributed by atoms with Crippen LogP contribution < -0.4 is 4.90 Å². The lowest BCUT2D eigenvalue weighted by atomic mass is 10.1. The molecule has 0 amide bonds.